The zero-order chi connectivity index (χ0) is 9.26. The van der Waals surface area contributed by atoms with Crippen LogP contribution in [0.3, 0.4) is 0 Å². The summed E-state index contributed by atoms with van der Waals surface area (Å²) in [6.45, 7) is 0. The number of hydrogen-bond donors (Lipinski definition) is 0. The molecule has 68 valence electrons. The van der Waals surface area contributed by atoms with Gasteiger partial charge in [0.1, 0.15) is 11.3 Å². The van der Waals surface area contributed by atoms with Crippen LogP contribution in [0.15, 0.2) is 22.6 Å². The van der Waals surface area contributed by atoms with Crippen LogP contribution in [0.25, 0.3) is 11.1 Å². The van der Waals surface area contributed by atoms with Crippen LogP contribution in [-0.2, 0) is 0 Å². The molecule has 0 N–H and O–H groups in total. The van der Waals surface area contributed by atoms with Crippen molar-refractivity contribution in [1.29, 1.82) is 0 Å². The van der Waals surface area contributed by atoms with E-state index in [0.717, 1.165) is 11.3 Å². The summed E-state index contributed by atoms with van der Waals surface area (Å²) in [5.41, 5.74) is 1.42. The average molecular weight is 179 g/mol. The van der Waals surface area contributed by atoms with Crippen molar-refractivity contribution in [3.8, 4) is 11.8 Å². The van der Waals surface area contributed by atoms with Gasteiger partial charge in [0, 0.05) is 6.07 Å². The van der Waals surface area contributed by atoms with Crippen LogP contribution in [0.5, 0.6) is 11.8 Å². The van der Waals surface area contributed by atoms with Gasteiger partial charge in [-0.15, -0.1) is 0 Å². The van der Waals surface area contributed by atoms with E-state index in [-0.39, 0.29) is 6.08 Å². The highest BCUT2D eigenvalue weighted by molar-refractivity contribution is 5.74. The Balaban J connectivity index is 2.57. The van der Waals surface area contributed by atoms with Gasteiger partial charge in [-0.05, 0) is 12.1 Å². The number of oxazole rings is 1. The van der Waals surface area contributed by atoms with Gasteiger partial charge >= 0.3 is 6.08 Å². The van der Waals surface area contributed by atoms with Crippen LogP contribution in [0, 0.1) is 0 Å². The van der Waals surface area contributed by atoms with Crippen LogP contribution < -0.4 is 9.47 Å². The lowest BCUT2D eigenvalue weighted by Crippen LogP contribution is -1.80. The smallest absolute Gasteiger partial charge is 0.394 e. The Labute approximate surface area is 75.1 Å². The monoisotopic (exact) mass is 179 g/mol. The summed E-state index contributed by atoms with van der Waals surface area (Å²) in [6, 6.07) is 5.41. The summed E-state index contributed by atoms with van der Waals surface area (Å²) in [7, 11) is 3.12. The van der Waals surface area contributed by atoms with Gasteiger partial charge in [0.2, 0.25) is 0 Å². The standard InChI is InChI=1S/C9H9NO3/c1-11-6-3-4-7-8(5-6)13-9(10-7)12-2/h3-5H,1-2H3. The lowest BCUT2D eigenvalue weighted by Gasteiger charge is -1.95. The van der Waals surface area contributed by atoms with E-state index < -0.39 is 0 Å². The number of methoxy groups -OCH3 is 2. The molecule has 0 radical (unpaired) electrons. The maximum Gasteiger partial charge on any atom is 0.394 e. The Morgan fingerprint density at radius 3 is 2.77 bits per heavy atom. The second-order valence-corrected chi connectivity index (χ2v) is 2.52. The number of hydrogen-bond acceptors (Lipinski definition) is 4. The molecule has 1 aromatic heterocycles. The van der Waals surface area contributed by atoms with E-state index in [1.807, 2.05) is 12.1 Å². The number of benzene rings is 1. The SMILES string of the molecule is COc1ccc2nc(OC)oc2c1. The molecule has 1 aromatic carbocycles. The van der Waals surface area contributed by atoms with Crippen molar-refractivity contribution in [1.82, 2.24) is 4.98 Å². The molecule has 13 heavy (non-hydrogen) atoms. The number of nitrogens with zero attached hydrogens (tertiary/aromatic N) is 1. The van der Waals surface area contributed by atoms with Gasteiger partial charge in [-0.3, -0.25) is 0 Å². The van der Waals surface area contributed by atoms with Crippen molar-refractivity contribution < 1.29 is 13.9 Å². The number of ether oxygens (including phenoxy) is 2. The first-order valence-corrected chi connectivity index (χ1v) is 3.82. The topological polar surface area (TPSA) is 44.5 Å². The van der Waals surface area contributed by atoms with Crippen molar-refractivity contribution in [3.63, 3.8) is 0 Å². The van der Waals surface area contributed by atoms with Gasteiger partial charge in [0.15, 0.2) is 5.58 Å². The van der Waals surface area contributed by atoms with Crippen LogP contribution >= 0.6 is 0 Å². The minimum absolute atomic E-state index is 0.267. The largest absolute Gasteiger partial charge is 0.497 e. The first-order chi connectivity index (χ1) is 6.33. The summed E-state index contributed by atoms with van der Waals surface area (Å²) in [5.74, 6) is 0.742. The molecule has 0 aliphatic heterocycles. The minimum Gasteiger partial charge on any atom is -0.497 e. The molecule has 0 spiro atoms. The number of rotatable bonds is 2. The molecule has 2 aromatic rings. The van der Waals surface area contributed by atoms with Gasteiger partial charge in [-0.2, -0.15) is 4.98 Å². The van der Waals surface area contributed by atoms with E-state index in [2.05, 4.69) is 4.98 Å². The van der Waals surface area contributed by atoms with Crippen LogP contribution in [-0.4, -0.2) is 19.2 Å². The molecular formula is C9H9NO3. The highest BCUT2D eigenvalue weighted by Gasteiger charge is 2.05. The van der Waals surface area contributed by atoms with E-state index in [1.54, 1.807) is 13.2 Å². The second-order valence-electron chi connectivity index (χ2n) is 2.52. The van der Waals surface area contributed by atoms with E-state index in [0.29, 0.717) is 5.58 Å². The molecule has 0 amide bonds. The zero-order valence-electron chi connectivity index (χ0n) is 7.40. The molecule has 2 rings (SSSR count). The molecule has 0 saturated heterocycles. The van der Waals surface area contributed by atoms with E-state index in [1.165, 1.54) is 7.11 Å². The van der Waals surface area contributed by atoms with Crippen molar-refractivity contribution in [2.75, 3.05) is 14.2 Å². The van der Waals surface area contributed by atoms with Gasteiger partial charge in [0.05, 0.1) is 14.2 Å². The van der Waals surface area contributed by atoms with E-state index in [4.69, 9.17) is 13.9 Å². The summed E-state index contributed by atoms with van der Waals surface area (Å²) >= 11 is 0. The molecule has 0 unspecified atom stereocenters. The van der Waals surface area contributed by atoms with Crippen molar-refractivity contribution in [2.24, 2.45) is 0 Å². The molecular weight excluding hydrogens is 170 g/mol. The van der Waals surface area contributed by atoms with Gasteiger partial charge in [-0.1, -0.05) is 0 Å². The minimum atomic E-state index is 0.267. The van der Waals surface area contributed by atoms with E-state index >= 15 is 0 Å². The van der Waals surface area contributed by atoms with Crippen molar-refractivity contribution in [3.05, 3.63) is 18.2 Å². The Hall–Kier alpha value is -1.71. The summed E-state index contributed by atoms with van der Waals surface area (Å²) in [4.78, 5) is 4.06. The summed E-state index contributed by atoms with van der Waals surface area (Å²) in [5, 5.41) is 0. The van der Waals surface area contributed by atoms with Crippen LogP contribution in [0.2, 0.25) is 0 Å². The Bertz CT molecular complexity index is 420. The predicted molar refractivity (Wildman–Crippen MR) is 47.1 cm³/mol. The molecule has 0 aliphatic carbocycles. The quantitative estimate of drug-likeness (QED) is 0.705. The summed E-state index contributed by atoms with van der Waals surface area (Å²) < 4.78 is 15.1. The Kier molecular flexibility index (Phi) is 1.81. The fraction of sp³-hybridized carbons (Fsp3) is 0.222. The molecule has 4 nitrogen and oxygen atoms in total. The average Bonchev–Trinajstić information content (AvgIpc) is 2.58. The Morgan fingerprint density at radius 2 is 2.08 bits per heavy atom. The van der Waals surface area contributed by atoms with Crippen LogP contribution in [0.4, 0.5) is 0 Å². The molecule has 0 aliphatic rings. The van der Waals surface area contributed by atoms with Crippen molar-refractivity contribution >= 4 is 11.1 Å². The number of fused-ring (bicyclic) bond motifs is 1. The zero-order valence-corrected chi connectivity index (χ0v) is 7.40. The third-order valence-corrected chi connectivity index (χ3v) is 1.75. The van der Waals surface area contributed by atoms with Crippen LogP contribution in [0.1, 0.15) is 0 Å². The summed E-state index contributed by atoms with van der Waals surface area (Å²) in [6.07, 6.45) is 0.267. The predicted octanol–water partition coefficient (Wildman–Crippen LogP) is 1.84. The first-order valence-electron chi connectivity index (χ1n) is 3.82. The second kappa shape index (κ2) is 2.97. The van der Waals surface area contributed by atoms with Gasteiger partial charge < -0.3 is 13.9 Å². The number of aromatic nitrogens is 1. The van der Waals surface area contributed by atoms with Gasteiger partial charge in [0.25, 0.3) is 0 Å². The fourth-order valence-corrected chi connectivity index (χ4v) is 1.10. The molecule has 1 heterocycles. The lowest BCUT2D eigenvalue weighted by atomic mass is 10.3. The third kappa shape index (κ3) is 1.30. The molecule has 4 heteroatoms. The molecule has 0 bridgehead atoms. The maximum absolute atomic E-state index is 5.25. The molecule has 0 saturated carbocycles. The molecule has 0 atom stereocenters. The highest BCUT2D eigenvalue weighted by Crippen LogP contribution is 2.24. The maximum atomic E-state index is 5.25. The normalized spacial score (nSPS) is 10.3. The first kappa shape index (κ1) is 7.91. The fourth-order valence-electron chi connectivity index (χ4n) is 1.10. The Morgan fingerprint density at radius 1 is 1.23 bits per heavy atom. The van der Waals surface area contributed by atoms with Gasteiger partial charge in [-0.25, -0.2) is 0 Å². The van der Waals surface area contributed by atoms with Crippen molar-refractivity contribution in [2.45, 2.75) is 0 Å². The highest BCUT2D eigenvalue weighted by atomic mass is 16.6. The third-order valence-electron chi connectivity index (χ3n) is 1.75. The lowest BCUT2D eigenvalue weighted by molar-refractivity contribution is 0.299. The van der Waals surface area contributed by atoms with E-state index in [9.17, 15) is 0 Å². The molecule has 0 fully saturated rings.